The number of carbonyl (C=O) groups excluding carboxylic acids is 3. The number of piperidine rings is 1. The van der Waals surface area contributed by atoms with Crippen LogP contribution >= 0.6 is 0 Å². The largest absolute Gasteiger partial charge is 0.493 e. The molecule has 1 saturated carbocycles. The molecule has 1 aliphatic heterocycles. The number of likely N-dealkylation sites (tertiary alicyclic amines) is 1. The van der Waals surface area contributed by atoms with Gasteiger partial charge >= 0.3 is 0 Å². The summed E-state index contributed by atoms with van der Waals surface area (Å²) in [5.41, 5.74) is 0.267. The van der Waals surface area contributed by atoms with E-state index in [2.05, 4.69) is 0 Å². The number of ketones is 1. The van der Waals surface area contributed by atoms with Gasteiger partial charge in [-0.1, -0.05) is 0 Å². The summed E-state index contributed by atoms with van der Waals surface area (Å²) in [7, 11) is 4.40. The smallest absolute Gasteiger partial charge is 0.261 e. The third-order valence-electron chi connectivity index (χ3n) is 4.96. The number of nitrogens with zero attached hydrogens (tertiary/aromatic N) is 1. The summed E-state index contributed by atoms with van der Waals surface area (Å²) in [5, 5.41) is 0. The number of carbonyl (C=O) groups is 3. The molecule has 2 atom stereocenters. The first-order chi connectivity index (χ1) is 12.0. The van der Waals surface area contributed by atoms with E-state index in [9.17, 15) is 14.4 Å². The highest BCUT2D eigenvalue weighted by Gasteiger charge is 2.46. The number of benzene rings is 1. The molecule has 2 amide bonds. The molecule has 134 valence electrons. The number of ether oxygens (including phenoxy) is 3. The highest BCUT2D eigenvalue weighted by molar-refractivity contribution is 6.07. The van der Waals surface area contributed by atoms with Crippen LogP contribution in [0.15, 0.2) is 12.1 Å². The van der Waals surface area contributed by atoms with Crippen LogP contribution in [0.4, 0.5) is 0 Å². The molecule has 7 heteroatoms. The normalized spacial score (nSPS) is 22.6. The molecule has 7 nitrogen and oxygen atoms in total. The number of amides is 2. The Morgan fingerprint density at radius 1 is 1.00 bits per heavy atom. The summed E-state index contributed by atoms with van der Waals surface area (Å²) in [6, 6.07) is 2.70. The number of hydrogen-bond acceptors (Lipinski definition) is 6. The molecule has 0 spiro atoms. The number of fused-ring (bicyclic) bond motifs is 1. The van der Waals surface area contributed by atoms with Crippen molar-refractivity contribution in [2.24, 2.45) is 5.92 Å². The zero-order chi connectivity index (χ0) is 18.1. The summed E-state index contributed by atoms with van der Waals surface area (Å²) in [6.45, 7) is 0. The van der Waals surface area contributed by atoms with E-state index in [0.29, 0.717) is 36.5 Å². The predicted octanol–water partition coefficient (Wildman–Crippen LogP) is 1.82. The van der Waals surface area contributed by atoms with Gasteiger partial charge in [0, 0.05) is 24.3 Å². The van der Waals surface area contributed by atoms with Crippen LogP contribution in [0.1, 0.15) is 36.0 Å². The Hall–Kier alpha value is -2.57. The molecular formula is C18H21NO6. The van der Waals surface area contributed by atoms with Gasteiger partial charge < -0.3 is 14.2 Å². The quantitative estimate of drug-likeness (QED) is 0.773. The van der Waals surface area contributed by atoms with Crippen molar-refractivity contribution >= 4 is 17.6 Å². The van der Waals surface area contributed by atoms with Crippen molar-refractivity contribution in [3.05, 3.63) is 17.7 Å². The third kappa shape index (κ3) is 2.83. The molecule has 3 rings (SSSR count). The average Bonchev–Trinajstić information content (AvgIpc) is 3.00. The van der Waals surface area contributed by atoms with E-state index < -0.39 is 5.91 Å². The van der Waals surface area contributed by atoms with Crippen molar-refractivity contribution in [1.82, 2.24) is 4.90 Å². The van der Waals surface area contributed by atoms with E-state index in [0.717, 1.165) is 0 Å². The fourth-order valence-electron chi connectivity index (χ4n) is 3.75. The number of rotatable bonds is 4. The first-order valence-electron chi connectivity index (χ1n) is 8.21. The van der Waals surface area contributed by atoms with Gasteiger partial charge in [-0.25, -0.2) is 0 Å². The molecule has 1 aliphatic carbocycles. The van der Waals surface area contributed by atoms with E-state index in [1.807, 2.05) is 0 Å². The predicted molar refractivity (Wildman–Crippen MR) is 88.0 cm³/mol. The Balaban J connectivity index is 1.99. The molecule has 0 radical (unpaired) electrons. The SMILES string of the molecule is COc1cc(C(=O)N2C(=O)CCC3C(=O)CCC32)cc(OC)c1OC. The van der Waals surface area contributed by atoms with Crippen LogP contribution in [0.3, 0.4) is 0 Å². The molecule has 1 aromatic rings. The van der Waals surface area contributed by atoms with E-state index >= 15 is 0 Å². The Labute approximate surface area is 145 Å². The third-order valence-corrected chi connectivity index (χ3v) is 4.96. The maximum absolute atomic E-state index is 13.0. The molecule has 0 bridgehead atoms. The topological polar surface area (TPSA) is 82.1 Å². The van der Waals surface area contributed by atoms with Gasteiger partial charge in [0.25, 0.3) is 5.91 Å². The lowest BCUT2D eigenvalue weighted by molar-refractivity contribution is -0.135. The minimum Gasteiger partial charge on any atom is -0.493 e. The van der Waals surface area contributed by atoms with Gasteiger partial charge in [0.1, 0.15) is 5.78 Å². The fraction of sp³-hybridized carbons (Fsp3) is 0.500. The van der Waals surface area contributed by atoms with Crippen molar-refractivity contribution in [1.29, 1.82) is 0 Å². The maximum Gasteiger partial charge on any atom is 0.261 e. The molecule has 0 N–H and O–H groups in total. The summed E-state index contributed by atoms with van der Waals surface area (Å²) in [4.78, 5) is 38.7. The zero-order valence-electron chi connectivity index (χ0n) is 14.5. The van der Waals surface area contributed by atoms with Gasteiger partial charge in [-0.15, -0.1) is 0 Å². The number of hydrogen-bond donors (Lipinski definition) is 0. The summed E-state index contributed by atoms with van der Waals surface area (Å²) in [5.74, 6) is 0.287. The lowest BCUT2D eigenvalue weighted by atomic mass is 9.90. The van der Waals surface area contributed by atoms with Crippen LogP contribution in [0.5, 0.6) is 17.2 Å². The van der Waals surface area contributed by atoms with Gasteiger partial charge in [0.15, 0.2) is 11.5 Å². The van der Waals surface area contributed by atoms with E-state index in [-0.39, 0.29) is 35.6 Å². The fourth-order valence-corrected chi connectivity index (χ4v) is 3.75. The van der Waals surface area contributed by atoms with Crippen LogP contribution in [-0.2, 0) is 9.59 Å². The Bertz CT molecular complexity index is 703. The molecule has 2 unspecified atom stereocenters. The molecule has 1 saturated heterocycles. The van der Waals surface area contributed by atoms with Gasteiger partial charge in [-0.2, -0.15) is 0 Å². The van der Waals surface area contributed by atoms with Crippen LogP contribution in [0.2, 0.25) is 0 Å². The second-order valence-corrected chi connectivity index (χ2v) is 6.20. The molecule has 1 heterocycles. The van der Waals surface area contributed by atoms with Crippen LogP contribution < -0.4 is 14.2 Å². The van der Waals surface area contributed by atoms with Gasteiger partial charge in [0.05, 0.1) is 27.4 Å². The van der Waals surface area contributed by atoms with Crippen LogP contribution in [-0.4, -0.2) is 49.9 Å². The van der Waals surface area contributed by atoms with Gasteiger partial charge in [-0.05, 0) is 25.0 Å². The van der Waals surface area contributed by atoms with Crippen molar-refractivity contribution in [3.8, 4) is 17.2 Å². The second-order valence-electron chi connectivity index (χ2n) is 6.20. The Morgan fingerprint density at radius 3 is 2.20 bits per heavy atom. The minimum absolute atomic E-state index is 0.139. The maximum atomic E-state index is 13.0. The summed E-state index contributed by atoms with van der Waals surface area (Å²) < 4.78 is 15.8. The zero-order valence-corrected chi connectivity index (χ0v) is 14.5. The number of Topliss-reactive ketones (excluding diaryl/α,β-unsaturated/α-hetero) is 1. The van der Waals surface area contributed by atoms with Crippen molar-refractivity contribution in [2.45, 2.75) is 31.7 Å². The van der Waals surface area contributed by atoms with Crippen LogP contribution in [0.25, 0.3) is 0 Å². The summed E-state index contributed by atoms with van der Waals surface area (Å²) in [6.07, 6.45) is 1.69. The molecule has 25 heavy (non-hydrogen) atoms. The highest BCUT2D eigenvalue weighted by Crippen LogP contribution is 2.40. The molecule has 0 aromatic heterocycles. The Kier molecular flexibility index (Phi) is 4.65. The van der Waals surface area contributed by atoms with Crippen LogP contribution in [0, 0.1) is 5.92 Å². The molecule has 2 fully saturated rings. The number of methoxy groups -OCH3 is 3. The second kappa shape index (κ2) is 6.74. The van der Waals surface area contributed by atoms with E-state index in [4.69, 9.17) is 14.2 Å². The van der Waals surface area contributed by atoms with Gasteiger partial charge in [0.2, 0.25) is 11.7 Å². The number of imide groups is 1. The lowest BCUT2D eigenvalue weighted by Crippen LogP contribution is -2.50. The van der Waals surface area contributed by atoms with E-state index in [1.54, 1.807) is 0 Å². The summed E-state index contributed by atoms with van der Waals surface area (Å²) >= 11 is 0. The first kappa shape index (κ1) is 17.3. The molecule has 1 aromatic carbocycles. The Morgan fingerprint density at radius 2 is 1.64 bits per heavy atom. The van der Waals surface area contributed by atoms with Crippen molar-refractivity contribution in [3.63, 3.8) is 0 Å². The average molecular weight is 347 g/mol. The van der Waals surface area contributed by atoms with E-state index in [1.165, 1.54) is 38.4 Å². The molecular weight excluding hydrogens is 326 g/mol. The van der Waals surface area contributed by atoms with Crippen molar-refractivity contribution < 1.29 is 28.6 Å². The molecule has 2 aliphatic rings. The first-order valence-corrected chi connectivity index (χ1v) is 8.21. The monoisotopic (exact) mass is 347 g/mol. The highest BCUT2D eigenvalue weighted by atomic mass is 16.5. The van der Waals surface area contributed by atoms with Gasteiger partial charge in [-0.3, -0.25) is 19.3 Å². The lowest BCUT2D eigenvalue weighted by Gasteiger charge is -2.35. The van der Waals surface area contributed by atoms with Crippen molar-refractivity contribution in [2.75, 3.05) is 21.3 Å². The standard InChI is InChI=1S/C18H21NO6/c1-23-14-8-10(9-15(24-2)17(14)25-3)18(22)19-12-5-6-13(20)11(12)4-7-16(19)21/h8-9,11-12H,4-7H2,1-3H3. The minimum atomic E-state index is -0.436.